The van der Waals surface area contributed by atoms with Crippen molar-refractivity contribution in [2.24, 2.45) is 5.73 Å². The summed E-state index contributed by atoms with van der Waals surface area (Å²) in [6, 6.07) is 9.48. The van der Waals surface area contributed by atoms with Crippen LogP contribution in [0, 0.1) is 0 Å². The zero-order chi connectivity index (χ0) is 11.8. The van der Waals surface area contributed by atoms with E-state index in [0.717, 1.165) is 30.7 Å². The van der Waals surface area contributed by atoms with Crippen LogP contribution in [0.3, 0.4) is 0 Å². The number of rotatable bonds is 7. The summed E-state index contributed by atoms with van der Waals surface area (Å²) in [5.41, 5.74) is 6.23. The number of Topliss-reactive ketones (excluding diaryl/α,β-unsaturated/α-hetero) is 1. The van der Waals surface area contributed by atoms with Crippen LogP contribution in [-0.4, -0.2) is 23.3 Å². The van der Waals surface area contributed by atoms with Gasteiger partial charge in [-0.05, 0) is 32.1 Å². The van der Waals surface area contributed by atoms with Gasteiger partial charge < -0.3 is 5.73 Å². The molecule has 2 nitrogen and oxygen atoms in total. The number of unbranched alkanes of at least 4 members (excludes halogenated alkanes) is 1. The molecule has 0 saturated heterocycles. The van der Waals surface area contributed by atoms with E-state index in [4.69, 9.17) is 5.73 Å². The molecular formula is C13H19NOS. The molecule has 0 aliphatic rings. The number of thioether (sulfide) groups is 1. The van der Waals surface area contributed by atoms with E-state index in [9.17, 15) is 4.79 Å². The molecule has 0 amide bonds. The van der Waals surface area contributed by atoms with Crippen LogP contribution in [0.2, 0.25) is 0 Å². The minimum atomic E-state index is 0.0418. The maximum absolute atomic E-state index is 12.0. The number of carbonyl (C=O) groups is 1. The third-order valence-corrected chi connectivity index (χ3v) is 3.63. The molecule has 0 heterocycles. The molecule has 0 radical (unpaired) electrons. The van der Waals surface area contributed by atoms with Crippen molar-refractivity contribution < 1.29 is 4.79 Å². The van der Waals surface area contributed by atoms with Crippen molar-refractivity contribution in [1.29, 1.82) is 0 Å². The first-order valence-corrected chi connectivity index (χ1v) is 6.71. The minimum Gasteiger partial charge on any atom is -0.330 e. The van der Waals surface area contributed by atoms with Gasteiger partial charge in [-0.2, -0.15) is 11.8 Å². The summed E-state index contributed by atoms with van der Waals surface area (Å²) < 4.78 is 0. The van der Waals surface area contributed by atoms with E-state index < -0.39 is 0 Å². The van der Waals surface area contributed by atoms with E-state index in [1.54, 1.807) is 11.8 Å². The molecule has 0 aromatic heterocycles. The number of hydrogen-bond donors (Lipinski definition) is 1. The Bertz CT molecular complexity index is 313. The lowest BCUT2D eigenvalue weighted by atomic mass is 10.1. The molecular weight excluding hydrogens is 218 g/mol. The van der Waals surface area contributed by atoms with Crippen molar-refractivity contribution in [3.05, 3.63) is 35.9 Å². The van der Waals surface area contributed by atoms with Gasteiger partial charge in [0.05, 0.1) is 5.25 Å². The zero-order valence-electron chi connectivity index (χ0n) is 9.69. The molecule has 1 aromatic carbocycles. The Hall–Kier alpha value is -0.800. The predicted octanol–water partition coefficient (Wildman–Crippen LogP) is 2.73. The van der Waals surface area contributed by atoms with Gasteiger partial charge >= 0.3 is 0 Å². The van der Waals surface area contributed by atoms with Crippen molar-refractivity contribution in [3.63, 3.8) is 0 Å². The first-order valence-electron chi connectivity index (χ1n) is 5.66. The summed E-state index contributed by atoms with van der Waals surface area (Å²) in [4.78, 5) is 12.0. The van der Waals surface area contributed by atoms with Gasteiger partial charge in [0.1, 0.15) is 0 Å². The van der Waals surface area contributed by atoms with Gasteiger partial charge in [-0.15, -0.1) is 0 Å². The SMILES string of the molecule is CC(SCCCCN)C(=O)c1ccccc1. The fourth-order valence-corrected chi connectivity index (χ4v) is 2.43. The van der Waals surface area contributed by atoms with Crippen LogP contribution in [-0.2, 0) is 0 Å². The van der Waals surface area contributed by atoms with E-state index >= 15 is 0 Å². The maximum atomic E-state index is 12.0. The van der Waals surface area contributed by atoms with Gasteiger partial charge in [0.15, 0.2) is 5.78 Å². The largest absolute Gasteiger partial charge is 0.330 e. The molecule has 0 saturated carbocycles. The first-order chi connectivity index (χ1) is 7.75. The number of carbonyl (C=O) groups excluding carboxylic acids is 1. The Morgan fingerprint density at radius 3 is 2.62 bits per heavy atom. The number of hydrogen-bond acceptors (Lipinski definition) is 3. The van der Waals surface area contributed by atoms with Gasteiger partial charge in [-0.3, -0.25) is 4.79 Å². The van der Waals surface area contributed by atoms with Crippen LogP contribution in [0.15, 0.2) is 30.3 Å². The van der Waals surface area contributed by atoms with Crippen molar-refractivity contribution in [2.45, 2.75) is 25.0 Å². The third kappa shape index (κ3) is 4.37. The van der Waals surface area contributed by atoms with Crippen molar-refractivity contribution in [3.8, 4) is 0 Å². The molecule has 0 bridgehead atoms. The Labute approximate surface area is 102 Å². The lowest BCUT2D eigenvalue weighted by Gasteiger charge is -2.09. The molecule has 1 rings (SSSR count). The third-order valence-electron chi connectivity index (χ3n) is 2.39. The van der Waals surface area contributed by atoms with Crippen molar-refractivity contribution in [2.75, 3.05) is 12.3 Å². The van der Waals surface area contributed by atoms with E-state index in [2.05, 4.69) is 0 Å². The lowest BCUT2D eigenvalue weighted by Crippen LogP contribution is -2.14. The van der Waals surface area contributed by atoms with E-state index in [1.165, 1.54) is 0 Å². The first kappa shape index (κ1) is 13.3. The van der Waals surface area contributed by atoms with E-state index in [1.807, 2.05) is 37.3 Å². The van der Waals surface area contributed by atoms with Crippen molar-refractivity contribution >= 4 is 17.5 Å². The monoisotopic (exact) mass is 237 g/mol. The summed E-state index contributed by atoms with van der Waals surface area (Å²) in [6.45, 7) is 2.71. The van der Waals surface area contributed by atoms with Gasteiger partial charge in [0.25, 0.3) is 0 Å². The van der Waals surface area contributed by atoms with Crippen molar-refractivity contribution in [1.82, 2.24) is 0 Å². The molecule has 16 heavy (non-hydrogen) atoms. The molecule has 2 N–H and O–H groups in total. The Balaban J connectivity index is 2.37. The molecule has 88 valence electrons. The zero-order valence-corrected chi connectivity index (χ0v) is 10.5. The highest BCUT2D eigenvalue weighted by Crippen LogP contribution is 2.17. The molecule has 1 atom stereocenters. The van der Waals surface area contributed by atoms with Crippen LogP contribution < -0.4 is 5.73 Å². The highest BCUT2D eigenvalue weighted by molar-refractivity contribution is 8.00. The molecule has 1 unspecified atom stereocenters. The number of nitrogens with two attached hydrogens (primary N) is 1. The molecule has 0 aliphatic heterocycles. The highest BCUT2D eigenvalue weighted by Gasteiger charge is 2.14. The second-order valence-corrected chi connectivity index (χ2v) is 5.19. The molecule has 1 aromatic rings. The quantitative estimate of drug-likeness (QED) is 0.585. The van der Waals surface area contributed by atoms with Crippen LogP contribution in [0.25, 0.3) is 0 Å². The van der Waals surface area contributed by atoms with Gasteiger partial charge in [0, 0.05) is 5.56 Å². The Kier molecular flexibility index (Phi) is 6.19. The summed E-state index contributed by atoms with van der Waals surface area (Å²) >= 11 is 1.71. The molecule has 0 fully saturated rings. The van der Waals surface area contributed by atoms with Crippen LogP contribution >= 0.6 is 11.8 Å². The lowest BCUT2D eigenvalue weighted by molar-refractivity contribution is 0.0994. The van der Waals surface area contributed by atoms with Crippen LogP contribution in [0.5, 0.6) is 0 Å². The van der Waals surface area contributed by atoms with Gasteiger partial charge in [-0.1, -0.05) is 30.3 Å². The smallest absolute Gasteiger partial charge is 0.175 e. The van der Waals surface area contributed by atoms with E-state index in [0.29, 0.717) is 0 Å². The van der Waals surface area contributed by atoms with Gasteiger partial charge in [0.2, 0.25) is 0 Å². The Morgan fingerprint density at radius 1 is 1.31 bits per heavy atom. The molecule has 3 heteroatoms. The van der Waals surface area contributed by atoms with Crippen LogP contribution in [0.1, 0.15) is 30.1 Å². The standard InChI is InChI=1S/C13H19NOS/c1-11(16-10-6-5-9-14)13(15)12-7-3-2-4-8-12/h2-4,7-8,11H,5-6,9-10,14H2,1H3. The Morgan fingerprint density at radius 2 is 2.00 bits per heavy atom. The number of ketones is 1. The minimum absolute atomic E-state index is 0.0418. The molecule has 0 aliphatic carbocycles. The van der Waals surface area contributed by atoms with E-state index in [-0.39, 0.29) is 11.0 Å². The normalized spacial score (nSPS) is 12.4. The predicted molar refractivity (Wildman–Crippen MR) is 71.0 cm³/mol. The average molecular weight is 237 g/mol. The summed E-state index contributed by atoms with van der Waals surface area (Å²) in [6.07, 6.45) is 2.13. The summed E-state index contributed by atoms with van der Waals surface area (Å²) in [5, 5.41) is 0.0418. The fraction of sp³-hybridized carbons (Fsp3) is 0.462. The summed E-state index contributed by atoms with van der Waals surface area (Å²) in [5.74, 6) is 1.23. The number of benzene rings is 1. The highest BCUT2D eigenvalue weighted by atomic mass is 32.2. The topological polar surface area (TPSA) is 43.1 Å². The summed E-state index contributed by atoms with van der Waals surface area (Å²) in [7, 11) is 0. The maximum Gasteiger partial charge on any atom is 0.175 e. The fourth-order valence-electron chi connectivity index (χ4n) is 1.42. The second kappa shape index (κ2) is 7.47. The van der Waals surface area contributed by atoms with Gasteiger partial charge in [-0.25, -0.2) is 0 Å². The average Bonchev–Trinajstić information content (AvgIpc) is 2.34. The molecule has 0 spiro atoms. The van der Waals surface area contributed by atoms with Crippen LogP contribution in [0.4, 0.5) is 0 Å². The second-order valence-electron chi connectivity index (χ2n) is 3.74.